The number of hydrogen-bond donors (Lipinski definition) is 1. The molecule has 0 unspecified atom stereocenters. The van der Waals surface area contributed by atoms with E-state index in [4.69, 9.17) is 0 Å². The average Bonchev–Trinajstić information content (AvgIpc) is 2.81. The molecule has 0 aliphatic heterocycles. The number of hydrogen-bond acceptors (Lipinski definition) is 4. The van der Waals surface area contributed by atoms with Crippen LogP contribution < -0.4 is 9.62 Å². The molecule has 0 spiro atoms. The minimum atomic E-state index is -3.89. The third-order valence-corrected chi connectivity index (χ3v) is 8.29. The van der Waals surface area contributed by atoms with Crippen LogP contribution in [-0.2, 0) is 20.6 Å². The number of rotatable bonds is 11. The topological polar surface area (TPSA) is 66.5 Å². The molecule has 0 atom stereocenters. The van der Waals surface area contributed by atoms with Gasteiger partial charge in [-0.05, 0) is 55.0 Å². The summed E-state index contributed by atoms with van der Waals surface area (Å²) in [5, 5.41) is 2.86. The lowest BCUT2D eigenvalue weighted by molar-refractivity contribution is -0.119. The minimum Gasteiger partial charge on any atom is -0.354 e. The molecule has 3 aromatic rings. The molecule has 1 N–H and O–H groups in total. The molecule has 33 heavy (non-hydrogen) atoms. The van der Waals surface area contributed by atoms with Gasteiger partial charge < -0.3 is 5.32 Å². The van der Waals surface area contributed by atoms with E-state index in [9.17, 15) is 13.2 Å². The molecule has 0 aliphatic rings. The van der Waals surface area contributed by atoms with Gasteiger partial charge in [0.25, 0.3) is 10.0 Å². The maximum atomic E-state index is 13.3. The highest BCUT2D eigenvalue weighted by molar-refractivity contribution is 9.10. The van der Waals surface area contributed by atoms with Crippen molar-refractivity contribution in [2.24, 2.45) is 0 Å². The number of nitrogens with one attached hydrogen (secondary N) is 1. The molecule has 0 radical (unpaired) electrons. The third kappa shape index (κ3) is 7.62. The molecule has 174 valence electrons. The maximum Gasteiger partial charge on any atom is 0.264 e. The molecule has 0 fully saturated rings. The maximum absolute atomic E-state index is 13.3. The Kier molecular flexibility index (Phi) is 9.41. The first-order valence-corrected chi connectivity index (χ1v) is 14.0. The van der Waals surface area contributed by atoms with E-state index in [-0.39, 0.29) is 17.3 Å². The van der Waals surface area contributed by atoms with Crippen LogP contribution in [-0.4, -0.2) is 33.2 Å². The highest BCUT2D eigenvalue weighted by Crippen LogP contribution is 2.26. The van der Waals surface area contributed by atoms with Crippen molar-refractivity contribution in [3.8, 4) is 0 Å². The van der Waals surface area contributed by atoms with Crippen molar-refractivity contribution in [2.45, 2.75) is 24.0 Å². The van der Waals surface area contributed by atoms with Crippen molar-refractivity contribution < 1.29 is 13.2 Å². The van der Waals surface area contributed by atoms with Gasteiger partial charge in [-0.2, -0.15) is 11.8 Å². The fourth-order valence-electron chi connectivity index (χ4n) is 3.13. The van der Waals surface area contributed by atoms with Crippen LogP contribution in [0.2, 0.25) is 0 Å². The number of amides is 1. The van der Waals surface area contributed by atoms with Crippen LogP contribution in [0.1, 0.15) is 17.5 Å². The van der Waals surface area contributed by atoms with E-state index in [0.29, 0.717) is 12.2 Å². The first-order valence-electron chi connectivity index (χ1n) is 10.6. The number of benzene rings is 3. The molecule has 1 amide bonds. The standard InChI is InChI=1S/C25H27BrN2O3S2/c1-20-11-13-21(14-12-20)19-32-16-6-15-27-25(29)18-28(23-8-5-7-22(26)17-23)33(30,31)24-9-3-2-4-10-24/h2-5,7-14,17H,6,15-16,18-19H2,1H3,(H,27,29). The van der Waals surface area contributed by atoms with Crippen LogP contribution in [0.3, 0.4) is 0 Å². The van der Waals surface area contributed by atoms with Gasteiger partial charge in [0, 0.05) is 16.8 Å². The lowest BCUT2D eigenvalue weighted by atomic mass is 10.2. The number of sulfonamides is 1. The molecule has 0 bridgehead atoms. The van der Waals surface area contributed by atoms with Gasteiger partial charge >= 0.3 is 0 Å². The van der Waals surface area contributed by atoms with E-state index in [1.54, 1.807) is 36.4 Å². The first kappa shape index (κ1) is 25.3. The fourth-order valence-corrected chi connectivity index (χ4v) is 5.87. The van der Waals surface area contributed by atoms with E-state index < -0.39 is 10.0 Å². The highest BCUT2D eigenvalue weighted by Gasteiger charge is 2.27. The SMILES string of the molecule is Cc1ccc(CSCCCNC(=O)CN(c2cccc(Br)c2)S(=O)(=O)c2ccccc2)cc1. The van der Waals surface area contributed by atoms with E-state index >= 15 is 0 Å². The van der Waals surface area contributed by atoms with E-state index in [1.165, 1.54) is 23.3 Å². The van der Waals surface area contributed by atoms with Crippen molar-refractivity contribution in [2.75, 3.05) is 23.1 Å². The fraction of sp³-hybridized carbons (Fsp3) is 0.240. The molecule has 0 aromatic heterocycles. The summed E-state index contributed by atoms with van der Waals surface area (Å²) < 4.78 is 28.4. The Hall–Kier alpha value is -2.29. The highest BCUT2D eigenvalue weighted by atomic mass is 79.9. The second kappa shape index (κ2) is 12.3. The molecule has 8 heteroatoms. The lowest BCUT2D eigenvalue weighted by Gasteiger charge is -2.24. The Labute approximate surface area is 208 Å². The molecule has 0 saturated heterocycles. The summed E-state index contributed by atoms with van der Waals surface area (Å²) in [5.74, 6) is 1.50. The average molecular weight is 548 g/mol. The number of aryl methyl sites for hydroxylation is 1. The van der Waals surface area contributed by atoms with Gasteiger partial charge in [0.05, 0.1) is 10.6 Å². The smallest absolute Gasteiger partial charge is 0.264 e. The van der Waals surface area contributed by atoms with E-state index in [2.05, 4.69) is 52.4 Å². The van der Waals surface area contributed by atoms with Gasteiger partial charge in [-0.15, -0.1) is 0 Å². The minimum absolute atomic E-state index is 0.144. The van der Waals surface area contributed by atoms with Crippen molar-refractivity contribution in [3.63, 3.8) is 0 Å². The summed E-state index contributed by atoms with van der Waals surface area (Å²) in [5.41, 5.74) is 2.96. The van der Waals surface area contributed by atoms with Gasteiger partial charge in [0.15, 0.2) is 0 Å². The lowest BCUT2D eigenvalue weighted by Crippen LogP contribution is -2.41. The molecular weight excluding hydrogens is 520 g/mol. The van der Waals surface area contributed by atoms with Crippen LogP contribution in [0, 0.1) is 6.92 Å². The normalized spacial score (nSPS) is 11.2. The monoisotopic (exact) mass is 546 g/mol. The summed E-state index contributed by atoms with van der Waals surface area (Å²) >= 11 is 5.20. The summed E-state index contributed by atoms with van der Waals surface area (Å²) in [7, 11) is -3.89. The molecule has 3 aromatic carbocycles. The molecule has 5 nitrogen and oxygen atoms in total. The summed E-state index contributed by atoms with van der Waals surface area (Å²) in [4.78, 5) is 12.8. The Morgan fingerprint density at radius 2 is 1.73 bits per heavy atom. The van der Waals surface area contributed by atoms with Crippen molar-refractivity contribution >= 4 is 49.3 Å². The first-order chi connectivity index (χ1) is 15.9. The zero-order valence-corrected chi connectivity index (χ0v) is 21.6. The molecule has 3 rings (SSSR count). The molecular formula is C25H27BrN2O3S2. The van der Waals surface area contributed by atoms with Gasteiger partial charge in [-0.1, -0.05) is 70.0 Å². The Balaban J connectivity index is 1.56. The Morgan fingerprint density at radius 3 is 2.42 bits per heavy atom. The Bertz CT molecular complexity index is 1150. The predicted octanol–water partition coefficient (Wildman–Crippen LogP) is 5.39. The number of carbonyl (C=O) groups excluding carboxylic acids is 1. The predicted molar refractivity (Wildman–Crippen MR) is 140 cm³/mol. The van der Waals surface area contributed by atoms with Crippen LogP contribution in [0.4, 0.5) is 5.69 Å². The largest absolute Gasteiger partial charge is 0.354 e. The van der Waals surface area contributed by atoms with E-state index in [0.717, 1.165) is 26.7 Å². The van der Waals surface area contributed by atoms with E-state index in [1.807, 2.05) is 17.8 Å². The van der Waals surface area contributed by atoms with Crippen LogP contribution in [0.15, 0.2) is 88.2 Å². The van der Waals surface area contributed by atoms with Crippen LogP contribution >= 0.6 is 27.7 Å². The van der Waals surface area contributed by atoms with Crippen molar-refractivity contribution in [1.82, 2.24) is 5.32 Å². The summed E-state index contributed by atoms with van der Waals surface area (Å²) in [6.45, 7) is 2.28. The van der Waals surface area contributed by atoms with Crippen LogP contribution in [0.5, 0.6) is 0 Å². The third-order valence-electron chi connectivity index (χ3n) is 4.89. The number of halogens is 1. The number of anilines is 1. The zero-order valence-electron chi connectivity index (χ0n) is 18.4. The van der Waals surface area contributed by atoms with Gasteiger partial charge in [-0.3, -0.25) is 9.10 Å². The number of carbonyl (C=O) groups is 1. The quantitative estimate of drug-likeness (QED) is 0.327. The Morgan fingerprint density at radius 1 is 1.00 bits per heavy atom. The van der Waals surface area contributed by atoms with Crippen LogP contribution in [0.25, 0.3) is 0 Å². The van der Waals surface area contributed by atoms with Gasteiger partial charge in [0.2, 0.25) is 5.91 Å². The van der Waals surface area contributed by atoms with Gasteiger partial charge in [0.1, 0.15) is 6.54 Å². The zero-order chi connectivity index (χ0) is 23.7. The second-order valence-electron chi connectivity index (χ2n) is 7.55. The number of thioether (sulfide) groups is 1. The molecule has 0 saturated carbocycles. The van der Waals surface area contributed by atoms with Crippen molar-refractivity contribution in [1.29, 1.82) is 0 Å². The van der Waals surface area contributed by atoms with Gasteiger partial charge in [-0.25, -0.2) is 8.42 Å². The second-order valence-corrected chi connectivity index (χ2v) is 11.4. The molecule has 0 heterocycles. The summed E-state index contributed by atoms with van der Waals surface area (Å²) in [6.07, 6.45) is 0.810. The molecule has 0 aliphatic carbocycles. The number of nitrogens with zero attached hydrogens (tertiary/aromatic N) is 1. The summed E-state index contributed by atoms with van der Waals surface area (Å²) in [6, 6.07) is 23.6. The van der Waals surface area contributed by atoms with Crippen molar-refractivity contribution in [3.05, 3.63) is 94.5 Å².